The Kier molecular flexibility index (Phi) is 5.22. The Morgan fingerprint density at radius 1 is 1.29 bits per heavy atom. The molecule has 3 amide bonds. The van der Waals surface area contributed by atoms with Gasteiger partial charge in [0, 0.05) is 24.5 Å². The van der Waals surface area contributed by atoms with Crippen LogP contribution in [-0.4, -0.2) is 67.2 Å². The molecule has 8 nitrogen and oxygen atoms in total. The Morgan fingerprint density at radius 2 is 1.96 bits per heavy atom. The van der Waals surface area contributed by atoms with Gasteiger partial charge >= 0.3 is 0 Å². The quantitative estimate of drug-likeness (QED) is 0.672. The normalized spacial score (nSPS) is 26.5. The van der Waals surface area contributed by atoms with Crippen LogP contribution in [0.5, 0.6) is 0 Å². The highest BCUT2D eigenvalue weighted by Gasteiger charge is 2.41. The zero-order chi connectivity index (χ0) is 18.1. The van der Waals surface area contributed by atoms with Crippen molar-refractivity contribution in [3.05, 3.63) is 0 Å². The molecule has 0 spiro atoms. The van der Waals surface area contributed by atoms with E-state index in [-0.39, 0.29) is 60.3 Å². The van der Waals surface area contributed by atoms with Crippen molar-refractivity contribution in [1.29, 1.82) is 0 Å². The molecule has 9 heteroatoms. The first-order valence-electron chi connectivity index (χ1n) is 8.05. The standard InChI is InChI=1S/C15H25N3O5S/c1-15(2,3)17-12(19)7-16-14(21)10-6-13(20)18(8-10)11-4-5-24(22,23)9-11/h10-11H,4-9H2,1-3H3,(H,16,21)(H,17,19). The van der Waals surface area contributed by atoms with Gasteiger partial charge in [0.15, 0.2) is 9.84 Å². The van der Waals surface area contributed by atoms with Gasteiger partial charge in [-0.3, -0.25) is 14.4 Å². The summed E-state index contributed by atoms with van der Waals surface area (Å²) in [6.07, 6.45) is 0.486. The maximum atomic E-state index is 12.2. The monoisotopic (exact) mass is 359 g/mol. The fraction of sp³-hybridized carbons (Fsp3) is 0.800. The predicted molar refractivity (Wildman–Crippen MR) is 87.8 cm³/mol. The third-order valence-corrected chi connectivity index (χ3v) is 5.87. The summed E-state index contributed by atoms with van der Waals surface area (Å²) in [7, 11) is -3.08. The lowest BCUT2D eigenvalue weighted by Crippen LogP contribution is -2.47. The lowest BCUT2D eigenvalue weighted by atomic mass is 10.1. The Bertz CT molecular complexity index is 638. The molecule has 0 saturated carbocycles. The smallest absolute Gasteiger partial charge is 0.239 e. The molecule has 0 bridgehead atoms. The molecular formula is C15H25N3O5S. The molecule has 2 unspecified atom stereocenters. The second-order valence-electron chi connectivity index (χ2n) is 7.52. The molecule has 2 aliphatic rings. The number of nitrogens with zero attached hydrogens (tertiary/aromatic N) is 1. The zero-order valence-electron chi connectivity index (χ0n) is 14.3. The molecule has 2 aliphatic heterocycles. The fourth-order valence-corrected chi connectivity index (χ4v) is 4.79. The van der Waals surface area contributed by atoms with E-state index in [9.17, 15) is 22.8 Å². The van der Waals surface area contributed by atoms with Gasteiger partial charge in [0.05, 0.1) is 24.0 Å². The summed E-state index contributed by atoms with van der Waals surface area (Å²) in [4.78, 5) is 37.5. The van der Waals surface area contributed by atoms with Crippen molar-refractivity contribution in [2.24, 2.45) is 5.92 Å². The number of hydrogen-bond acceptors (Lipinski definition) is 5. The average molecular weight is 359 g/mol. The molecule has 2 saturated heterocycles. The van der Waals surface area contributed by atoms with Crippen LogP contribution >= 0.6 is 0 Å². The molecule has 0 aromatic heterocycles. The van der Waals surface area contributed by atoms with Crippen LogP contribution in [0.15, 0.2) is 0 Å². The van der Waals surface area contributed by atoms with Crippen molar-refractivity contribution in [1.82, 2.24) is 15.5 Å². The van der Waals surface area contributed by atoms with E-state index in [1.54, 1.807) is 0 Å². The second-order valence-corrected chi connectivity index (χ2v) is 9.75. The maximum absolute atomic E-state index is 12.2. The summed E-state index contributed by atoms with van der Waals surface area (Å²) in [5.74, 6) is -1.32. The molecule has 2 rings (SSSR count). The van der Waals surface area contributed by atoms with Crippen molar-refractivity contribution >= 4 is 27.6 Å². The molecule has 24 heavy (non-hydrogen) atoms. The van der Waals surface area contributed by atoms with E-state index in [4.69, 9.17) is 0 Å². The minimum atomic E-state index is -3.08. The van der Waals surface area contributed by atoms with E-state index in [1.807, 2.05) is 20.8 Å². The molecule has 0 aliphatic carbocycles. The summed E-state index contributed by atoms with van der Waals surface area (Å²) in [5.41, 5.74) is -0.379. The van der Waals surface area contributed by atoms with Gasteiger partial charge in [0.1, 0.15) is 0 Å². The van der Waals surface area contributed by atoms with Gasteiger partial charge in [-0.2, -0.15) is 0 Å². The third kappa shape index (κ3) is 4.93. The van der Waals surface area contributed by atoms with E-state index in [1.165, 1.54) is 4.90 Å². The Morgan fingerprint density at radius 3 is 2.50 bits per heavy atom. The summed E-state index contributed by atoms with van der Waals surface area (Å²) in [6.45, 7) is 5.60. The van der Waals surface area contributed by atoms with Crippen LogP contribution in [0.3, 0.4) is 0 Å². The van der Waals surface area contributed by atoms with Crippen LogP contribution < -0.4 is 10.6 Å². The predicted octanol–water partition coefficient (Wildman–Crippen LogP) is -0.947. The van der Waals surface area contributed by atoms with Gasteiger partial charge in [-0.05, 0) is 27.2 Å². The average Bonchev–Trinajstić information content (AvgIpc) is 2.97. The largest absolute Gasteiger partial charge is 0.350 e. The van der Waals surface area contributed by atoms with Gasteiger partial charge in [0.25, 0.3) is 0 Å². The van der Waals surface area contributed by atoms with Crippen molar-refractivity contribution in [2.75, 3.05) is 24.6 Å². The van der Waals surface area contributed by atoms with Gasteiger partial charge in [0.2, 0.25) is 17.7 Å². The number of hydrogen-bond donors (Lipinski definition) is 2. The van der Waals surface area contributed by atoms with E-state index >= 15 is 0 Å². The highest BCUT2D eigenvalue weighted by molar-refractivity contribution is 7.91. The first-order valence-corrected chi connectivity index (χ1v) is 9.87. The number of amides is 3. The minimum Gasteiger partial charge on any atom is -0.350 e. The molecule has 2 N–H and O–H groups in total. The molecule has 0 aromatic rings. The molecule has 0 aromatic carbocycles. The molecule has 2 atom stereocenters. The van der Waals surface area contributed by atoms with Gasteiger partial charge < -0.3 is 15.5 Å². The van der Waals surface area contributed by atoms with Crippen LogP contribution in [0.25, 0.3) is 0 Å². The molecule has 0 radical (unpaired) electrons. The number of carbonyl (C=O) groups is 3. The number of carbonyl (C=O) groups excluding carboxylic acids is 3. The van der Waals surface area contributed by atoms with Crippen molar-refractivity contribution in [3.8, 4) is 0 Å². The van der Waals surface area contributed by atoms with E-state index in [2.05, 4.69) is 10.6 Å². The van der Waals surface area contributed by atoms with Crippen LogP contribution in [0, 0.1) is 5.92 Å². The zero-order valence-corrected chi connectivity index (χ0v) is 15.1. The first-order chi connectivity index (χ1) is 11.0. The molecule has 2 fully saturated rings. The Balaban J connectivity index is 1.84. The number of rotatable bonds is 4. The van der Waals surface area contributed by atoms with E-state index < -0.39 is 15.8 Å². The third-order valence-electron chi connectivity index (χ3n) is 4.12. The number of nitrogens with one attached hydrogen (secondary N) is 2. The van der Waals surface area contributed by atoms with Gasteiger partial charge in [-0.15, -0.1) is 0 Å². The Hall–Kier alpha value is -1.64. The fourth-order valence-electron chi connectivity index (χ4n) is 3.06. The molecule has 136 valence electrons. The van der Waals surface area contributed by atoms with Crippen LogP contribution in [0.1, 0.15) is 33.6 Å². The molecule has 2 heterocycles. The number of sulfone groups is 1. The first kappa shape index (κ1) is 18.7. The molecular weight excluding hydrogens is 334 g/mol. The summed E-state index contributed by atoms with van der Waals surface area (Å²) in [5, 5.41) is 5.29. The van der Waals surface area contributed by atoms with Crippen LogP contribution in [-0.2, 0) is 24.2 Å². The second kappa shape index (κ2) is 6.70. The van der Waals surface area contributed by atoms with Crippen LogP contribution in [0.2, 0.25) is 0 Å². The van der Waals surface area contributed by atoms with Crippen molar-refractivity contribution in [2.45, 2.75) is 45.2 Å². The minimum absolute atomic E-state index is 0.0267. The number of likely N-dealkylation sites (tertiary alicyclic amines) is 1. The van der Waals surface area contributed by atoms with E-state index in [0.717, 1.165) is 0 Å². The van der Waals surface area contributed by atoms with Crippen LogP contribution in [0.4, 0.5) is 0 Å². The topological polar surface area (TPSA) is 113 Å². The SMILES string of the molecule is CC(C)(C)NC(=O)CNC(=O)C1CC(=O)N(C2CCS(=O)(=O)C2)C1. The van der Waals surface area contributed by atoms with Gasteiger partial charge in [-0.25, -0.2) is 8.42 Å². The summed E-state index contributed by atoms with van der Waals surface area (Å²) < 4.78 is 23.1. The highest BCUT2D eigenvalue weighted by atomic mass is 32.2. The lowest BCUT2D eigenvalue weighted by molar-refractivity contribution is -0.130. The van der Waals surface area contributed by atoms with Gasteiger partial charge in [-0.1, -0.05) is 0 Å². The van der Waals surface area contributed by atoms with E-state index in [0.29, 0.717) is 6.42 Å². The van der Waals surface area contributed by atoms with Crippen molar-refractivity contribution < 1.29 is 22.8 Å². The highest BCUT2D eigenvalue weighted by Crippen LogP contribution is 2.26. The summed E-state index contributed by atoms with van der Waals surface area (Å²) in [6, 6.07) is -0.329. The Labute approximate surface area is 142 Å². The van der Waals surface area contributed by atoms with Crippen molar-refractivity contribution in [3.63, 3.8) is 0 Å². The lowest BCUT2D eigenvalue weighted by Gasteiger charge is -2.23. The maximum Gasteiger partial charge on any atom is 0.239 e. The summed E-state index contributed by atoms with van der Waals surface area (Å²) >= 11 is 0.